The van der Waals surface area contributed by atoms with Crippen LogP contribution in [0.4, 0.5) is 11.4 Å². The van der Waals surface area contributed by atoms with Gasteiger partial charge in [0.25, 0.3) is 10.0 Å². The molecule has 0 fully saturated rings. The lowest BCUT2D eigenvalue weighted by atomic mass is 10.3. The second-order valence-electron chi connectivity index (χ2n) is 6.33. The third-order valence-electron chi connectivity index (χ3n) is 3.85. The number of carbonyl (C=O) groups excluding carboxylic acids is 1. The van der Waals surface area contributed by atoms with Crippen LogP contribution < -0.4 is 14.9 Å². The maximum Gasteiger partial charge on any atom is 0.308 e. The molecule has 0 aliphatic carbocycles. The summed E-state index contributed by atoms with van der Waals surface area (Å²) in [6, 6.07) is 11.0. The SMILES string of the molecule is CC(=O)Nc1cccc(NS(=O)(=O)c2ccc3c(c2)sc(=O)n3C(C)C)c1. The van der Waals surface area contributed by atoms with E-state index in [1.54, 1.807) is 28.8 Å². The molecule has 9 heteroatoms. The van der Waals surface area contributed by atoms with E-state index in [-0.39, 0.29) is 21.7 Å². The van der Waals surface area contributed by atoms with E-state index in [1.807, 2.05) is 13.8 Å². The van der Waals surface area contributed by atoms with Crippen LogP contribution in [0.5, 0.6) is 0 Å². The highest BCUT2D eigenvalue weighted by Gasteiger charge is 2.18. The fraction of sp³-hybridized carbons (Fsp3) is 0.222. The largest absolute Gasteiger partial charge is 0.326 e. The fourth-order valence-corrected chi connectivity index (χ4v) is 4.95. The van der Waals surface area contributed by atoms with E-state index in [2.05, 4.69) is 10.0 Å². The maximum atomic E-state index is 12.7. The Hall–Kier alpha value is -2.65. The maximum absolute atomic E-state index is 12.7. The zero-order chi connectivity index (χ0) is 19.8. The van der Waals surface area contributed by atoms with Crippen LogP contribution in [0.1, 0.15) is 26.8 Å². The number of nitrogens with one attached hydrogen (secondary N) is 2. The summed E-state index contributed by atoms with van der Waals surface area (Å²) < 4.78 is 30.2. The lowest BCUT2D eigenvalue weighted by molar-refractivity contribution is -0.114. The molecule has 0 unspecified atom stereocenters. The number of hydrogen-bond donors (Lipinski definition) is 2. The second-order valence-corrected chi connectivity index (χ2v) is 9.00. The van der Waals surface area contributed by atoms with Gasteiger partial charge in [-0.15, -0.1) is 0 Å². The first-order valence-corrected chi connectivity index (χ1v) is 10.5. The Kier molecular flexibility index (Phi) is 5.07. The number of rotatable bonds is 5. The molecule has 0 atom stereocenters. The van der Waals surface area contributed by atoms with Crippen LogP contribution in [0.2, 0.25) is 0 Å². The van der Waals surface area contributed by atoms with Gasteiger partial charge in [-0.25, -0.2) is 8.42 Å². The van der Waals surface area contributed by atoms with Crippen LogP contribution in [0, 0.1) is 0 Å². The summed E-state index contributed by atoms with van der Waals surface area (Å²) in [5.74, 6) is -0.245. The van der Waals surface area contributed by atoms with E-state index in [0.29, 0.717) is 21.6 Å². The number of thiazole rings is 1. The van der Waals surface area contributed by atoms with Gasteiger partial charge in [-0.2, -0.15) is 0 Å². The second kappa shape index (κ2) is 7.16. The molecule has 27 heavy (non-hydrogen) atoms. The molecule has 0 radical (unpaired) electrons. The molecule has 1 aromatic heterocycles. The Morgan fingerprint density at radius 1 is 1.11 bits per heavy atom. The van der Waals surface area contributed by atoms with Crippen molar-refractivity contribution in [1.82, 2.24) is 4.57 Å². The molecule has 0 bridgehead atoms. The first kappa shape index (κ1) is 19.1. The number of anilines is 2. The van der Waals surface area contributed by atoms with Gasteiger partial charge in [-0.05, 0) is 50.2 Å². The monoisotopic (exact) mass is 405 g/mol. The van der Waals surface area contributed by atoms with Crippen LogP contribution >= 0.6 is 11.3 Å². The molecule has 2 N–H and O–H groups in total. The van der Waals surface area contributed by atoms with Crippen molar-refractivity contribution in [2.75, 3.05) is 10.0 Å². The average molecular weight is 406 g/mol. The van der Waals surface area contributed by atoms with Gasteiger partial charge in [-0.3, -0.25) is 18.9 Å². The lowest BCUT2D eigenvalue weighted by Crippen LogP contribution is -2.15. The van der Waals surface area contributed by atoms with Crippen molar-refractivity contribution in [3.63, 3.8) is 0 Å². The molecule has 1 amide bonds. The van der Waals surface area contributed by atoms with E-state index in [0.717, 1.165) is 11.3 Å². The van der Waals surface area contributed by atoms with E-state index >= 15 is 0 Å². The topological polar surface area (TPSA) is 97.3 Å². The Bertz CT molecular complexity index is 1180. The van der Waals surface area contributed by atoms with Crippen molar-refractivity contribution < 1.29 is 13.2 Å². The van der Waals surface area contributed by atoms with Gasteiger partial charge >= 0.3 is 4.87 Å². The molecule has 7 nitrogen and oxygen atoms in total. The summed E-state index contributed by atoms with van der Waals surface area (Å²) in [5.41, 5.74) is 1.53. The van der Waals surface area contributed by atoms with Gasteiger partial charge in [0.2, 0.25) is 5.91 Å². The third kappa shape index (κ3) is 4.04. The van der Waals surface area contributed by atoms with Crippen LogP contribution in [-0.2, 0) is 14.8 Å². The number of carbonyl (C=O) groups is 1. The van der Waals surface area contributed by atoms with E-state index in [4.69, 9.17) is 0 Å². The molecule has 0 saturated heterocycles. The Balaban J connectivity index is 1.95. The van der Waals surface area contributed by atoms with E-state index in [1.165, 1.54) is 25.1 Å². The van der Waals surface area contributed by atoms with Gasteiger partial charge in [0, 0.05) is 18.7 Å². The zero-order valence-corrected chi connectivity index (χ0v) is 16.6. The average Bonchev–Trinajstić information content (AvgIpc) is 2.89. The summed E-state index contributed by atoms with van der Waals surface area (Å²) >= 11 is 1.02. The standard InChI is InChI=1S/C18H19N3O4S2/c1-11(2)21-16-8-7-15(10-17(16)26-18(21)23)27(24,25)20-14-6-4-5-13(9-14)19-12(3)22/h4-11,20H,1-3H3,(H,19,22). The van der Waals surface area contributed by atoms with Gasteiger partial charge in [0.15, 0.2) is 0 Å². The minimum Gasteiger partial charge on any atom is -0.326 e. The molecule has 0 aliphatic rings. The molecular formula is C18H19N3O4S2. The third-order valence-corrected chi connectivity index (χ3v) is 6.14. The molecule has 1 heterocycles. The highest BCUT2D eigenvalue weighted by molar-refractivity contribution is 7.92. The minimum absolute atomic E-state index is 0.0108. The summed E-state index contributed by atoms with van der Waals surface area (Å²) in [4.78, 5) is 23.2. The molecule has 2 aromatic carbocycles. The summed E-state index contributed by atoms with van der Waals surface area (Å²) in [6.45, 7) is 5.18. The van der Waals surface area contributed by atoms with E-state index in [9.17, 15) is 18.0 Å². The number of nitrogens with zero attached hydrogens (tertiary/aromatic N) is 1. The number of hydrogen-bond acceptors (Lipinski definition) is 5. The van der Waals surface area contributed by atoms with E-state index < -0.39 is 10.0 Å². The first-order valence-electron chi connectivity index (χ1n) is 8.23. The van der Waals surface area contributed by atoms with Crippen LogP contribution in [0.3, 0.4) is 0 Å². The Morgan fingerprint density at radius 3 is 2.48 bits per heavy atom. The van der Waals surface area contributed by atoms with Gasteiger partial charge in [-0.1, -0.05) is 17.4 Å². The number of benzene rings is 2. The first-order chi connectivity index (χ1) is 12.7. The molecule has 3 aromatic rings. The van der Waals surface area contributed by atoms with Crippen LogP contribution in [0.25, 0.3) is 10.2 Å². The predicted molar refractivity (Wildman–Crippen MR) is 108 cm³/mol. The number of aromatic nitrogens is 1. The Morgan fingerprint density at radius 2 is 1.81 bits per heavy atom. The minimum atomic E-state index is -3.84. The van der Waals surface area contributed by atoms with Gasteiger partial charge < -0.3 is 5.32 Å². The molecule has 0 saturated carbocycles. The summed E-state index contributed by atoms with van der Waals surface area (Å²) in [6.07, 6.45) is 0. The van der Waals surface area contributed by atoms with Crippen molar-refractivity contribution >= 4 is 48.9 Å². The molecule has 0 spiro atoms. The zero-order valence-electron chi connectivity index (χ0n) is 15.0. The quantitative estimate of drug-likeness (QED) is 0.680. The van der Waals surface area contributed by atoms with Crippen LogP contribution in [-0.4, -0.2) is 18.9 Å². The molecule has 0 aliphatic heterocycles. The van der Waals surface area contributed by atoms with Crippen molar-refractivity contribution in [3.8, 4) is 0 Å². The fourth-order valence-electron chi connectivity index (χ4n) is 2.75. The van der Waals surface area contributed by atoms with Gasteiger partial charge in [0.1, 0.15) is 0 Å². The Labute approximate surface area is 160 Å². The highest BCUT2D eigenvalue weighted by Crippen LogP contribution is 2.26. The van der Waals surface area contributed by atoms with Gasteiger partial charge in [0.05, 0.1) is 20.8 Å². The summed E-state index contributed by atoms with van der Waals surface area (Å²) in [5, 5.41) is 2.60. The number of sulfonamides is 1. The smallest absolute Gasteiger partial charge is 0.308 e. The van der Waals surface area contributed by atoms with Crippen molar-refractivity contribution in [3.05, 3.63) is 52.1 Å². The molecule has 142 valence electrons. The number of fused-ring (bicyclic) bond motifs is 1. The summed E-state index contributed by atoms with van der Waals surface area (Å²) in [7, 11) is -3.84. The molecule has 3 rings (SSSR count). The van der Waals surface area contributed by atoms with Crippen LogP contribution in [0.15, 0.2) is 52.2 Å². The molecular weight excluding hydrogens is 386 g/mol. The van der Waals surface area contributed by atoms with Crippen molar-refractivity contribution in [2.45, 2.75) is 31.7 Å². The highest BCUT2D eigenvalue weighted by atomic mass is 32.2. The number of amides is 1. The van der Waals surface area contributed by atoms with Crippen molar-refractivity contribution in [2.24, 2.45) is 0 Å². The normalized spacial score (nSPS) is 11.7. The van der Waals surface area contributed by atoms with Crippen molar-refractivity contribution in [1.29, 1.82) is 0 Å². The lowest BCUT2D eigenvalue weighted by Gasteiger charge is -2.11. The predicted octanol–water partition coefficient (Wildman–Crippen LogP) is 3.40.